The van der Waals surface area contributed by atoms with Crippen molar-refractivity contribution in [3.63, 3.8) is 0 Å². The Morgan fingerprint density at radius 1 is 0.731 bits per heavy atom. The smallest absolute Gasteiger partial charge is 0.428 e. The van der Waals surface area contributed by atoms with Crippen LogP contribution in [0.5, 0.6) is 28.7 Å². The third-order valence-electron chi connectivity index (χ3n) is 3.54. The first-order valence-corrected chi connectivity index (χ1v) is 9.09. The molecule has 3 aromatic carbocycles. The van der Waals surface area contributed by atoms with Crippen molar-refractivity contribution in [1.82, 2.24) is 0 Å². The number of benzene rings is 3. The van der Waals surface area contributed by atoms with Gasteiger partial charge in [0.25, 0.3) is 0 Å². The second-order valence-corrected chi connectivity index (χ2v) is 6.67. The van der Waals surface area contributed by atoms with Crippen LogP contribution in [0.25, 0.3) is 0 Å². The second-order valence-electron chi connectivity index (χ2n) is 5.43. The summed E-state index contributed by atoms with van der Waals surface area (Å²) in [7, 11) is -3.92. The topological polar surface area (TPSA) is 74.2 Å². The molecule has 26 heavy (non-hydrogen) atoms. The molecule has 1 aliphatic rings. The summed E-state index contributed by atoms with van der Waals surface area (Å²) in [5.41, 5.74) is 0.568. The quantitative estimate of drug-likeness (QED) is 0.686. The molecule has 4 rings (SSSR count). The van der Waals surface area contributed by atoms with Gasteiger partial charge in [-0.25, -0.2) is 0 Å². The largest absolute Gasteiger partial charge is 0.457 e. The summed E-state index contributed by atoms with van der Waals surface area (Å²) in [5.74, 6) is 2.64. The van der Waals surface area contributed by atoms with Gasteiger partial charge >= 0.3 is 10.3 Å². The van der Waals surface area contributed by atoms with E-state index in [1.807, 2.05) is 30.3 Å². The third-order valence-corrected chi connectivity index (χ3v) is 4.29. The molecule has 0 amide bonds. The average Bonchev–Trinajstić information content (AvgIpc) is 2.63. The molecule has 0 unspecified atom stereocenters. The van der Waals surface area contributed by atoms with Gasteiger partial charge in [0.1, 0.15) is 23.0 Å². The summed E-state index contributed by atoms with van der Waals surface area (Å²) in [5, 5.41) is 0. The molecule has 3 aromatic rings. The molecule has 1 aliphatic heterocycles. The zero-order valence-corrected chi connectivity index (χ0v) is 14.2. The normalized spacial score (nSPS) is 14.2. The van der Waals surface area contributed by atoms with Crippen LogP contribution < -0.4 is 13.7 Å². The van der Waals surface area contributed by atoms with E-state index in [0.717, 1.165) is 5.75 Å². The first-order valence-electron chi connectivity index (χ1n) is 7.72. The van der Waals surface area contributed by atoms with Gasteiger partial charge in [-0.2, -0.15) is 8.42 Å². The van der Waals surface area contributed by atoms with Crippen LogP contribution >= 0.6 is 0 Å². The zero-order valence-electron chi connectivity index (χ0n) is 13.4. The predicted octanol–water partition coefficient (Wildman–Crippen LogP) is 4.33. The lowest BCUT2D eigenvalue weighted by molar-refractivity contribution is 0.462. The lowest BCUT2D eigenvalue weighted by atomic mass is 10.2. The Morgan fingerprint density at radius 2 is 1.31 bits per heavy atom. The van der Waals surface area contributed by atoms with Crippen molar-refractivity contribution in [2.45, 2.75) is 0 Å². The van der Waals surface area contributed by atoms with Crippen molar-refractivity contribution in [2.24, 2.45) is 4.40 Å². The Labute approximate surface area is 150 Å². The van der Waals surface area contributed by atoms with Crippen LogP contribution in [0, 0.1) is 0 Å². The van der Waals surface area contributed by atoms with Crippen molar-refractivity contribution in [3.05, 3.63) is 78.4 Å². The Hall–Kier alpha value is -3.32. The van der Waals surface area contributed by atoms with Crippen LogP contribution in [0.15, 0.2) is 77.2 Å². The second kappa shape index (κ2) is 6.53. The van der Waals surface area contributed by atoms with E-state index in [4.69, 9.17) is 13.7 Å². The molecular formula is C19H13NO5S. The van der Waals surface area contributed by atoms with E-state index in [0.29, 0.717) is 22.8 Å². The minimum Gasteiger partial charge on any atom is -0.457 e. The fraction of sp³-hybridized carbons (Fsp3) is 0. The van der Waals surface area contributed by atoms with E-state index >= 15 is 0 Å². The highest BCUT2D eigenvalue weighted by Gasteiger charge is 2.19. The highest BCUT2D eigenvalue weighted by molar-refractivity contribution is 7.86. The van der Waals surface area contributed by atoms with Crippen LogP contribution in [-0.2, 0) is 10.3 Å². The standard InChI is InChI=1S/C19H13NO5S/c21-26(22)20-13-14-6-7-18(12-19(14)25-26)24-17-10-8-16(9-11-17)23-15-4-2-1-3-5-15/h1-13H. The molecule has 0 N–H and O–H groups in total. The van der Waals surface area contributed by atoms with Gasteiger partial charge in [-0.05, 0) is 48.5 Å². The predicted molar refractivity (Wildman–Crippen MR) is 96.6 cm³/mol. The van der Waals surface area contributed by atoms with E-state index in [1.165, 1.54) is 12.3 Å². The molecule has 0 atom stereocenters. The van der Waals surface area contributed by atoms with Gasteiger partial charge in [0.2, 0.25) is 0 Å². The molecule has 6 nitrogen and oxygen atoms in total. The van der Waals surface area contributed by atoms with Crippen molar-refractivity contribution < 1.29 is 22.1 Å². The maximum Gasteiger partial charge on any atom is 0.428 e. The number of fused-ring (bicyclic) bond motifs is 1. The Morgan fingerprint density at radius 3 is 2.00 bits per heavy atom. The summed E-state index contributed by atoms with van der Waals surface area (Å²) in [4.78, 5) is 0. The SMILES string of the molecule is O=S1(=O)N=Cc2ccc(Oc3ccc(Oc4ccccc4)cc3)cc2O1. The first kappa shape index (κ1) is 16.2. The molecule has 0 saturated carbocycles. The van der Waals surface area contributed by atoms with Gasteiger partial charge < -0.3 is 13.7 Å². The Balaban J connectivity index is 1.49. The van der Waals surface area contributed by atoms with Crippen LogP contribution in [0.1, 0.15) is 5.56 Å². The fourth-order valence-corrected chi connectivity index (χ4v) is 3.01. The van der Waals surface area contributed by atoms with E-state index in [2.05, 4.69) is 4.40 Å². The first-order chi connectivity index (χ1) is 12.6. The number of rotatable bonds is 4. The maximum absolute atomic E-state index is 11.4. The third kappa shape index (κ3) is 3.68. The minimum absolute atomic E-state index is 0.182. The number of hydrogen-bond donors (Lipinski definition) is 0. The molecule has 0 bridgehead atoms. The van der Waals surface area contributed by atoms with Crippen LogP contribution in [0.3, 0.4) is 0 Å². The van der Waals surface area contributed by atoms with Gasteiger partial charge in [-0.15, -0.1) is 4.40 Å². The zero-order chi connectivity index (χ0) is 18.0. The number of para-hydroxylation sites is 1. The highest BCUT2D eigenvalue weighted by atomic mass is 32.2. The van der Waals surface area contributed by atoms with Crippen molar-refractivity contribution in [1.29, 1.82) is 0 Å². The van der Waals surface area contributed by atoms with Gasteiger partial charge in [0.05, 0.1) is 6.21 Å². The summed E-state index contributed by atoms with van der Waals surface area (Å²) in [6.45, 7) is 0. The molecule has 7 heteroatoms. The molecule has 0 aromatic heterocycles. The number of ether oxygens (including phenoxy) is 2. The summed E-state index contributed by atoms with van der Waals surface area (Å²) < 4.78 is 42.4. The van der Waals surface area contributed by atoms with Crippen LogP contribution in [0.2, 0.25) is 0 Å². The molecule has 0 radical (unpaired) electrons. The molecule has 0 fully saturated rings. The van der Waals surface area contributed by atoms with Crippen molar-refractivity contribution >= 4 is 16.5 Å². The van der Waals surface area contributed by atoms with Gasteiger partial charge in [0.15, 0.2) is 5.75 Å². The van der Waals surface area contributed by atoms with E-state index < -0.39 is 10.3 Å². The summed E-state index contributed by atoms with van der Waals surface area (Å²) in [6, 6.07) is 21.4. The number of nitrogens with zero attached hydrogens (tertiary/aromatic N) is 1. The molecule has 130 valence electrons. The van der Waals surface area contributed by atoms with Crippen molar-refractivity contribution in [3.8, 4) is 28.7 Å². The lowest BCUT2D eigenvalue weighted by Gasteiger charge is -2.13. The molecule has 1 heterocycles. The monoisotopic (exact) mass is 367 g/mol. The van der Waals surface area contributed by atoms with E-state index in [9.17, 15) is 8.42 Å². The fourth-order valence-electron chi connectivity index (χ4n) is 2.35. The van der Waals surface area contributed by atoms with Crippen LogP contribution in [0.4, 0.5) is 0 Å². The number of hydrogen-bond acceptors (Lipinski definition) is 5. The van der Waals surface area contributed by atoms with Crippen molar-refractivity contribution in [2.75, 3.05) is 0 Å². The van der Waals surface area contributed by atoms with E-state index in [-0.39, 0.29) is 5.75 Å². The van der Waals surface area contributed by atoms with Gasteiger partial charge in [-0.1, -0.05) is 18.2 Å². The summed E-state index contributed by atoms with van der Waals surface area (Å²) >= 11 is 0. The average molecular weight is 367 g/mol. The Kier molecular flexibility index (Phi) is 4.06. The molecule has 0 spiro atoms. The van der Waals surface area contributed by atoms with Gasteiger partial charge in [-0.3, -0.25) is 0 Å². The molecule has 0 aliphatic carbocycles. The van der Waals surface area contributed by atoms with Crippen LogP contribution in [-0.4, -0.2) is 14.6 Å². The highest BCUT2D eigenvalue weighted by Crippen LogP contribution is 2.31. The van der Waals surface area contributed by atoms with Gasteiger partial charge in [0, 0.05) is 11.6 Å². The maximum atomic E-state index is 11.4. The Bertz CT molecular complexity index is 1060. The van der Waals surface area contributed by atoms with E-state index in [1.54, 1.807) is 36.4 Å². The summed E-state index contributed by atoms with van der Waals surface area (Å²) in [6.07, 6.45) is 1.24. The minimum atomic E-state index is -3.92. The molecular weight excluding hydrogens is 354 g/mol. The lowest BCUT2D eigenvalue weighted by Crippen LogP contribution is -2.12. The molecule has 0 saturated heterocycles.